The predicted octanol–water partition coefficient (Wildman–Crippen LogP) is 2.83. The van der Waals surface area contributed by atoms with Crippen molar-refractivity contribution >= 4 is 0 Å². The molecule has 0 rings (SSSR count). The number of hydrogen-bond acceptors (Lipinski definition) is 1. The summed E-state index contributed by atoms with van der Waals surface area (Å²) in [6.45, 7) is 6.98. The van der Waals surface area contributed by atoms with Crippen LogP contribution < -0.4 is 0 Å². The highest BCUT2D eigenvalue weighted by Gasteiger charge is 2.04. The summed E-state index contributed by atoms with van der Waals surface area (Å²) < 4.78 is 0. The Hall–Kier alpha value is -0.0400. The molecule has 11 heavy (non-hydrogen) atoms. The van der Waals surface area contributed by atoms with Crippen LogP contribution in [0.2, 0.25) is 0 Å². The summed E-state index contributed by atoms with van der Waals surface area (Å²) in [6, 6.07) is 0. The van der Waals surface area contributed by atoms with Gasteiger partial charge in [-0.05, 0) is 18.3 Å². The fourth-order valence-electron chi connectivity index (χ4n) is 1.30. The van der Waals surface area contributed by atoms with Crippen molar-refractivity contribution in [2.75, 3.05) is 6.61 Å². The third-order valence-electron chi connectivity index (χ3n) is 2.25. The second-order valence-corrected chi connectivity index (χ2v) is 3.76. The second-order valence-electron chi connectivity index (χ2n) is 3.76. The Bertz CT molecular complexity index is 80.9. The number of aliphatic hydroxyl groups excluding tert-OH is 1. The molecule has 1 N–H and O–H groups in total. The highest BCUT2D eigenvalue weighted by molar-refractivity contribution is 4.56. The van der Waals surface area contributed by atoms with Gasteiger partial charge in [0, 0.05) is 6.61 Å². The van der Waals surface area contributed by atoms with Crippen LogP contribution in [-0.2, 0) is 0 Å². The van der Waals surface area contributed by atoms with Crippen molar-refractivity contribution in [3.05, 3.63) is 0 Å². The quantitative estimate of drug-likeness (QED) is 0.630. The van der Waals surface area contributed by atoms with Crippen molar-refractivity contribution in [2.45, 2.75) is 46.5 Å². The first-order valence-corrected chi connectivity index (χ1v) is 4.81. The summed E-state index contributed by atoms with van der Waals surface area (Å²) in [5.74, 6) is 1.34. The van der Waals surface area contributed by atoms with Gasteiger partial charge in [-0.3, -0.25) is 0 Å². The fraction of sp³-hybridized carbons (Fsp3) is 1.00. The monoisotopic (exact) mass is 158 g/mol. The van der Waals surface area contributed by atoms with Crippen molar-refractivity contribution in [1.82, 2.24) is 0 Å². The van der Waals surface area contributed by atoms with Gasteiger partial charge in [0.1, 0.15) is 0 Å². The molecule has 0 aromatic carbocycles. The standard InChI is InChI=1S/C10H22O/c1-4-5-9(2)6-7-10(3)8-11/h9-11H,4-8H2,1-3H3. The van der Waals surface area contributed by atoms with E-state index in [2.05, 4.69) is 20.8 Å². The van der Waals surface area contributed by atoms with Crippen LogP contribution >= 0.6 is 0 Å². The van der Waals surface area contributed by atoms with E-state index in [1.54, 1.807) is 0 Å². The van der Waals surface area contributed by atoms with Gasteiger partial charge in [-0.25, -0.2) is 0 Å². The maximum absolute atomic E-state index is 8.78. The average Bonchev–Trinajstić information content (AvgIpc) is 2.01. The molecule has 0 bridgehead atoms. The normalized spacial score (nSPS) is 16.4. The zero-order valence-electron chi connectivity index (χ0n) is 8.14. The van der Waals surface area contributed by atoms with Gasteiger partial charge in [-0.2, -0.15) is 0 Å². The van der Waals surface area contributed by atoms with E-state index in [0.717, 1.165) is 5.92 Å². The molecule has 1 nitrogen and oxygen atoms in total. The minimum atomic E-state index is 0.346. The topological polar surface area (TPSA) is 20.2 Å². The van der Waals surface area contributed by atoms with Gasteiger partial charge >= 0.3 is 0 Å². The van der Waals surface area contributed by atoms with E-state index in [9.17, 15) is 0 Å². The van der Waals surface area contributed by atoms with Gasteiger partial charge in [-0.15, -0.1) is 0 Å². The molecule has 2 unspecified atom stereocenters. The molecule has 0 heterocycles. The molecule has 1 heteroatoms. The predicted molar refractivity (Wildman–Crippen MR) is 49.6 cm³/mol. The average molecular weight is 158 g/mol. The van der Waals surface area contributed by atoms with Crippen LogP contribution in [-0.4, -0.2) is 11.7 Å². The van der Waals surface area contributed by atoms with Gasteiger partial charge in [0.15, 0.2) is 0 Å². The van der Waals surface area contributed by atoms with Crippen molar-refractivity contribution in [3.8, 4) is 0 Å². The molecule has 0 aliphatic heterocycles. The molecule has 68 valence electrons. The van der Waals surface area contributed by atoms with Crippen molar-refractivity contribution in [3.63, 3.8) is 0 Å². The summed E-state index contributed by atoms with van der Waals surface area (Å²) in [7, 11) is 0. The van der Waals surface area contributed by atoms with Gasteiger partial charge in [0.25, 0.3) is 0 Å². The molecule has 0 amide bonds. The van der Waals surface area contributed by atoms with Crippen LogP contribution in [0, 0.1) is 11.8 Å². The summed E-state index contributed by atoms with van der Waals surface area (Å²) >= 11 is 0. The number of hydrogen-bond donors (Lipinski definition) is 1. The third-order valence-corrected chi connectivity index (χ3v) is 2.25. The van der Waals surface area contributed by atoms with E-state index >= 15 is 0 Å². The minimum absolute atomic E-state index is 0.346. The first kappa shape index (κ1) is 11.0. The van der Waals surface area contributed by atoms with E-state index in [1.165, 1.54) is 25.7 Å². The lowest BCUT2D eigenvalue weighted by molar-refractivity contribution is 0.222. The first-order chi connectivity index (χ1) is 5.20. The highest BCUT2D eigenvalue weighted by Crippen LogP contribution is 2.15. The van der Waals surface area contributed by atoms with Crippen LogP contribution in [0.15, 0.2) is 0 Å². The van der Waals surface area contributed by atoms with Gasteiger partial charge in [0.2, 0.25) is 0 Å². The second kappa shape index (κ2) is 6.66. The third kappa shape index (κ3) is 6.36. The lowest BCUT2D eigenvalue weighted by Gasteiger charge is -2.12. The summed E-state index contributed by atoms with van der Waals surface area (Å²) in [5.41, 5.74) is 0. The zero-order chi connectivity index (χ0) is 8.69. The molecule has 0 spiro atoms. The smallest absolute Gasteiger partial charge is 0.0456 e. The molecule has 0 aliphatic carbocycles. The van der Waals surface area contributed by atoms with E-state index in [1.807, 2.05) is 0 Å². The van der Waals surface area contributed by atoms with Crippen molar-refractivity contribution in [2.24, 2.45) is 11.8 Å². The Morgan fingerprint density at radius 3 is 2.00 bits per heavy atom. The first-order valence-electron chi connectivity index (χ1n) is 4.81. The fourth-order valence-corrected chi connectivity index (χ4v) is 1.30. The Morgan fingerprint density at radius 1 is 1.00 bits per heavy atom. The molecule has 0 aromatic rings. The van der Waals surface area contributed by atoms with Gasteiger partial charge < -0.3 is 5.11 Å². The number of aliphatic hydroxyl groups is 1. The Balaban J connectivity index is 3.22. The largest absolute Gasteiger partial charge is 0.396 e. The van der Waals surface area contributed by atoms with Crippen LogP contribution in [0.5, 0.6) is 0 Å². The Kier molecular flexibility index (Phi) is 6.63. The molecule has 0 aromatic heterocycles. The Morgan fingerprint density at radius 2 is 1.55 bits per heavy atom. The highest BCUT2D eigenvalue weighted by atomic mass is 16.3. The SMILES string of the molecule is CCCC(C)CCC(C)CO. The molecular weight excluding hydrogens is 136 g/mol. The molecule has 0 aliphatic rings. The van der Waals surface area contributed by atoms with Crippen LogP contribution in [0.4, 0.5) is 0 Å². The summed E-state index contributed by atoms with van der Waals surface area (Å²) in [6.07, 6.45) is 5.07. The van der Waals surface area contributed by atoms with Gasteiger partial charge in [-0.1, -0.05) is 40.0 Å². The van der Waals surface area contributed by atoms with Crippen molar-refractivity contribution in [1.29, 1.82) is 0 Å². The summed E-state index contributed by atoms with van der Waals surface area (Å²) in [4.78, 5) is 0. The summed E-state index contributed by atoms with van der Waals surface area (Å²) in [5, 5.41) is 8.78. The van der Waals surface area contributed by atoms with E-state index < -0.39 is 0 Å². The molecule has 0 saturated carbocycles. The van der Waals surface area contributed by atoms with Crippen LogP contribution in [0.25, 0.3) is 0 Å². The maximum atomic E-state index is 8.78. The zero-order valence-corrected chi connectivity index (χ0v) is 8.14. The molecule has 2 atom stereocenters. The van der Waals surface area contributed by atoms with E-state index in [-0.39, 0.29) is 0 Å². The van der Waals surface area contributed by atoms with Crippen molar-refractivity contribution < 1.29 is 5.11 Å². The van der Waals surface area contributed by atoms with E-state index in [4.69, 9.17) is 5.11 Å². The minimum Gasteiger partial charge on any atom is -0.396 e. The molecular formula is C10H22O. The number of rotatable bonds is 6. The van der Waals surface area contributed by atoms with Crippen LogP contribution in [0.1, 0.15) is 46.5 Å². The van der Waals surface area contributed by atoms with Crippen LogP contribution in [0.3, 0.4) is 0 Å². The Labute approximate surface area is 70.8 Å². The molecule has 0 saturated heterocycles. The van der Waals surface area contributed by atoms with Gasteiger partial charge in [0.05, 0.1) is 0 Å². The van der Waals surface area contributed by atoms with E-state index in [0.29, 0.717) is 12.5 Å². The molecule has 0 radical (unpaired) electrons. The maximum Gasteiger partial charge on any atom is 0.0456 e. The lowest BCUT2D eigenvalue weighted by atomic mass is 9.95. The lowest BCUT2D eigenvalue weighted by Crippen LogP contribution is -2.03. The molecule has 0 fully saturated rings.